The number of nitrogens with one attached hydrogen (secondary N) is 2. The van der Waals surface area contributed by atoms with E-state index in [1.54, 1.807) is 7.11 Å². The summed E-state index contributed by atoms with van der Waals surface area (Å²) in [5.74, 6) is 1.43. The number of aromatic nitrogens is 1. The van der Waals surface area contributed by atoms with Crippen molar-refractivity contribution in [2.45, 2.75) is 50.6 Å². The molecule has 2 heterocycles. The number of rotatable bonds is 4. The van der Waals surface area contributed by atoms with Crippen molar-refractivity contribution < 1.29 is 4.74 Å². The Hall–Kier alpha value is -1.29. The molecule has 0 bridgehead atoms. The monoisotopic (exact) mass is 275 g/mol. The summed E-state index contributed by atoms with van der Waals surface area (Å²) in [5, 5.41) is 7.39. The molecule has 2 N–H and O–H groups in total. The highest BCUT2D eigenvalue weighted by atomic mass is 16.5. The van der Waals surface area contributed by atoms with Gasteiger partial charge in [0.2, 0.25) is 5.88 Å². The summed E-state index contributed by atoms with van der Waals surface area (Å²) in [7, 11) is 1.65. The lowest BCUT2D eigenvalue weighted by Gasteiger charge is -2.36. The van der Waals surface area contributed by atoms with E-state index < -0.39 is 0 Å². The zero-order valence-corrected chi connectivity index (χ0v) is 12.3. The van der Waals surface area contributed by atoms with Crippen molar-refractivity contribution in [3.05, 3.63) is 18.3 Å². The number of nitrogens with zero attached hydrogens (tertiary/aromatic N) is 1. The van der Waals surface area contributed by atoms with E-state index in [9.17, 15) is 0 Å². The van der Waals surface area contributed by atoms with Crippen LogP contribution in [0.3, 0.4) is 0 Å². The molecule has 2 fully saturated rings. The summed E-state index contributed by atoms with van der Waals surface area (Å²) in [6.45, 7) is 1.19. The number of hydrogen-bond donors (Lipinski definition) is 2. The van der Waals surface area contributed by atoms with E-state index in [-0.39, 0.29) is 0 Å². The molecule has 1 aromatic heterocycles. The Bertz CT molecular complexity index is 414. The average molecular weight is 275 g/mol. The average Bonchev–Trinajstić information content (AvgIpc) is 3.03. The van der Waals surface area contributed by atoms with Gasteiger partial charge in [0.1, 0.15) is 0 Å². The third kappa shape index (κ3) is 3.06. The fourth-order valence-corrected chi connectivity index (χ4v) is 3.70. The topological polar surface area (TPSA) is 46.2 Å². The second kappa shape index (κ2) is 6.44. The van der Waals surface area contributed by atoms with Gasteiger partial charge in [-0.2, -0.15) is 0 Å². The lowest BCUT2D eigenvalue weighted by molar-refractivity contribution is 0.262. The van der Waals surface area contributed by atoms with Gasteiger partial charge in [0.15, 0.2) is 0 Å². The molecular weight excluding hydrogens is 250 g/mol. The molecule has 1 aliphatic heterocycles. The maximum Gasteiger partial charge on any atom is 0.213 e. The first-order chi connectivity index (χ1) is 9.86. The maximum absolute atomic E-state index is 5.11. The lowest BCUT2D eigenvalue weighted by Crippen LogP contribution is -2.43. The van der Waals surface area contributed by atoms with Crippen molar-refractivity contribution in [3.8, 4) is 5.88 Å². The Morgan fingerprint density at radius 1 is 1.20 bits per heavy atom. The highest BCUT2D eigenvalue weighted by Gasteiger charge is 2.33. The fourth-order valence-electron chi connectivity index (χ4n) is 3.70. The molecule has 4 nitrogen and oxygen atoms in total. The van der Waals surface area contributed by atoms with E-state index in [4.69, 9.17) is 4.74 Å². The SMILES string of the molecule is COc1ccc(NC2CCCCC2C2CCCN2)cn1. The molecule has 2 aliphatic rings. The van der Waals surface area contributed by atoms with Gasteiger partial charge in [0, 0.05) is 18.2 Å². The highest BCUT2D eigenvalue weighted by Crippen LogP contribution is 2.32. The number of pyridine rings is 1. The summed E-state index contributed by atoms with van der Waals surface area (Å²) in [6.07, 6.45) is 9.88. The first-order valence-electron chi connectivity index (χ1n) is 7.87. The van der Waals surface area contributed by atoms with Gasteiger partial charge >= 0.3 is 0 Å². The molecular formula is C16H25N3O. The number of anilines is 1. The van der Waals surface area contributed by atoms with Crippen LogP contribution in [-0.2, 0) is 0 Å². The molecule has 3 rings (SSSR count). The molecule has 110 valence electrons. The normalized spacial score (nSPS) is 30.1. The fraction of sp³-hybridized carbons (Fsp3) is 0.688. The number of methoxy groups -OCH3 is 1. The molecule has 0 spiro atoms. The third-order valence-electron chi connectivity index (χ3n) is 4.73. The summed E-state index contributed by atoms with van der Waals surface area (Å²) in [5.41, 5.74) is 1.11. The molecule has 0 radical (unpaired) electrons. The minimum Gasteiger partial charge on any atom is -0.481 e. The minimum absolute atomic E-state index is 0.578. The summed E-state index contributed by atoms with van der Waals surface area (Å²) >= 11 is 0. The van der Waals surface area contributed by atoms with E-state index in [1.807, 2.05) is 12.3 Å². The van der Waals surface area contributed by atoms with Crippen molar-refractivity contribution in [1.82, 2.24) is 10.3 Å². The molecule has 1 aliphatic carbocycles. The Morgan fingerprint density at radius 3 is 2.80 bits per heavy atom. The molecule has 0 amide bonds. The molecule has 1 saturated heterocycles. The Labute approximate surface area is 121 Å². The Morgan fingerprint density at radius 2 is 2.10 bits per heavy atom. The van der Waals surface area contributed by atoms with Gasteiger partial charge in [0.05, 0.1) is 19.0 Å². The Balaban J connectivity index is 1.66. The van der Waals surface area contributed by atoms with Crippen LogP contribution in [0.15, 0.2) is 18.3 Å². The van der Waals surface area contributed by atoms with Gasteiger partial charge in [-0.05, 0) is 44.2 Å². The predicted octanol–water partition coefficient (Wildman–Crippen LogP) is 2.81. The standard InChI is InChI=1S/C16H25N3O/c1-20-16-9-8-12(11-18-16)19-15-6-3-2-5-13(15)14-7-4-10-17-14/h8-9,11,13-15,17,19H,2-7,10H2,1H3. The van der Waals surface area contributed by atoms with Crippen LogP contribution in [0.4, 0.5) is 5.69 Å². The maximum atomic E-state index is 5.11. The molecule has 1 saturated carbocycles. The third-order valence-corrected chi connectivity index (χ3v) is 4.73. The van der Waals surface area contributed by atoms with Gasteiger partial charge in [-0.1, -0.05) is 12.8 Å². The van der Waals surface area contributed by atoms with Crippen molar-refractivity contribution in [1.29, 1.82) is 0 Å². The number of ether oxygens (including phenoxy) is 1. The van der Waals surface area contributed by atoms with Crippen molar-refractivity contribution >= 4 is 5.69 Å². The van der Waals surface area contributed by atoms with E-state index in [2.05, 4.69) is 21.7 Å². The predicted molar refractivity (Wildman–Crippen MR) is 81.2 cm³/mol. The van der Waals surface area contributed by atoms with Crippen molar-refractivity contribution in [3.63, 3.8) is 0 Å². The summed E-state index contributed by atoms with van der Waals surface area (Å²) < 4.78 is 5.11. The lowest BCUT2D eigenvalue weighted by atomic mass is 9.79. The Kier molecular flexibility index (Phi) is 4.41. The van der Waals surface area contributed by atoms with Gasteiger partial charge in [-0.15, -0.1) is 0 Å². The molecule has 1 aromatic rings. The van der Waals surface area contributed by atoms with Crippen LogP contribution in [0, 0.1) is 5.92 Å². The van der Waals surface area contributed by atoms with Gasteiger partial charge in [-0.25, -0.2) is 4.98 Å². The van der Waals surface area contributed by atoms with Crippen molar-refractivity contribution in [2.24, 2.45) is 5.92 Å². The first-order valence-corrected chi connectivity index (χ1v) is 7.87. The van der Waals surface area contributed by atoms with Crippen LogP contribution >= 0.6 is 0 Å². The number of hydrogen-bond acceptors (Lipinski definition) is 4. The van der Waals surface area contributed by atoms with E-state index >= 15 is 0 Å². The largest absolute Gasteiger partial charge is 0.481 e. The van der Waals surface area contributed by atoms with Crippen molar-refractivity contribution in [2.75, 3.05) is 19.0 Å². The quantitative estimate of drug-likeness (QED) is 0.887. The van der Waals surface area contributed by atoms with Crippen LogP contribution in [-0.4, -0.2) is 30.7 Å². The minimum atomic E-state index is 0.578. The second-order valence-corrected chi connectivity index (χ2v) is 5.99. The zero-order valence-electron chi connectivity index (χ0n) is 12.3. The molecule has 3 unspecified atom stereocenters. The van der Waals surface area contributed by atoms with Gasteiger partial charge in [0.25, 0.3) is 0 Å². The van der Waals surface area contributed by atoms with E-state index in [0.29, 0.717) is 18.0 Å². The van der Waals surface area contributed by atoms with Gasteiger partial charge in [-0.3, -0.25) is 0 Å². The molecule has 0 aromatic carbocycles. The van der Waals surface area contributed by atoms with Crippen LogP contribution < -0.4 is 15.4 Å². The summed E-state index contributed by atoms with van der Waals surface area (Å²) in [4.78, 5) is 4.28. The van der Waals surface area contributed by atoms with Gasteiger partial charge < -0.3 is 15.4 Å². The van der Waals surface area contributed by atoms with E-state index in [0.717, 1.165) is 11.6 Å². The van der Waals surface area contributed by atoms with Crippen LogP contribution in [0.2, 0.25) is 0 Å². The second-order valence-electron chi connectivity index (χ2n) is 5.99. The zero-order chi connectivity index (χ0) is 13.8. The van der Waals surface area contributed by atoms with Crippen LogP contribution in [0.1, 0.15) is 38.5 Å². The molecule has 4 heteroatoms. The van der Waals surface area contributed by atoms with Crippen LogP contribution in [0.5, 0.6) is 5.88 Å². The molecule has 3 atom stereocenters. The van der Waals surface area contributed by atoms with Crippen LogP contribution in [0.25, 0.3) is 0 Å². The molecule has 20 heavy (non-hydrogen) atoms. The smallest absolute Gasteiger partial charge is 0.213 e. The first kappa shape index (κ1) is 13.7. The van der Waals surface area contributed by atoms with E-state index in [1.165, 1.54) is 45.1 Å². The summed E-state index contributed by atoms with van der Waals surface area (Å²) in [6, 6.07) is 5.28. The highest BCUT2D eigenvalue weighted by molar-refractivity contribution is 5.43.